The van der Waals surface area contributed by atoms with E-state index in [9.17, 15) is 4.79 Å². The van der Waals surface area contributed by atoms with Crippen molar-refractivity contribution in [2.24, 2.45) is 0 Å². The van der Waals surface area contributed by atoms with Crippen LogP contribution < -0.4 is 10.9 Å². The van der Waals surface area contributed by atoms with Gasteiger partial charge < -0.3 is 0 Å². The summed E-state index contributed by atoms with van der Waals surface area (Å²) in [4.78, 5) is 20.8. The number of fused-ring (bicyclic) bond motifs is 1. The first-order valence-corrected chi connectivity index (χ1v) is 8.58. The zero-order valence-corrected chi connectivity index (χ0v) is 15.1. The van der Waals surface area contributed by atoms with Gasteiger partial charge in [0.05, 0.1) is 27.9 Å². The summed E-state index contributed by atoms with van der Waals surface area (Å²) in [5, 5.41) is 5.45. The highest BCUT2D eigenvalue weighted by molar-refractivity contribution is 6.33. The van der Waals surface area contributed by atoms with Gasteiger partial charge >= 0.3 is 0 Å². The maximum atomic E-state index is 12.3. The zero-order valence-electron chi connectivity index (χ0n) is 14.3. The van der Waals surface area contributed by atoms with Crippen LogP contribution in [-0.2, 0) is 0 Å². The molecular weight excluding hydrogens is 364 g/mol. The van der Waals surface area contributed by atoms with Gasteiger partial charge in [-0.2, -0.15) is 5.10 Å². The Bertz CT molecular complexity index is 1120. The van der Waals surface area contributed by atoms with Gasteiger partial charge in [0.25, 0.3) is 5.91 Å². The number of nitrogens with zero attached hydrogens (tertiary/aromatic N) is 4. The van der Waals surface area contributed by atoms with E-state index in [4.69, 9.17) is 11.6 Å². The molecule has 1 amide bonds. The second-order valence-electron chi connectivity index (χ2n) is 5.91. The van der Waals surface area contributed by atoms with Crippen molar-refractivity contribution in [3.63, 3.8) is 0 Å². The van der Waals surface area contributed by atoms with Crippen molar-refractivity contribution in [3.05, 3.63) is 77.2 Å². The molecule has 8 heteroatoms. The summed E-state index contributed by atoms with van der Waals surface area (Å²) >= 11 is 6.05. The third kappa shape index (κ3) is 3.32. The maximum Gasteiger partial charge on any atom is 0.271 e. The lowest BCUT2D eigenvalue weighted by molar-refractivity contribution is 0.0962. The zero-order chi connectivity index (χ0) is 18.8. The van der Waals surface area contributed by atoms with Crippen LogP contribution in [0.2, 0.25) is 5.02 Å². The molecule has 0 aliphatic carbocycles. The number of carbonyl (C=O) groups excluding carboxylic acids is 1. The fourth-order valence-corrected chi connectivity index (χ4v) is 2.87. The quantitative estimate of drug-likeness (QED) is 0.530. The molecule has 4 aromatic rings. The summed E-state index contributed by atoms with van der Waals surface area (Å²) in [6.45, 7) is 2.02. The lowest BCUT2D eigenvalue weighted by Gasteiger charge is -2.09. The molecule has 134 valence electrons. The molecule has 0 saturated carbocycles. The van der Waals surface area contributed by atoms with Crippen molar-refractivity contribution in [2.75, 3.05) is 5.43 Å². The van der Waals surface area contributed by atoms with Crippen LogP contribution in [0.15, 0.2) is 61.1 Å². The smallest absolute Gasteiger partial charge is 0.271 e. The van der Waals surface area contributed by atoms with E-state index in [0.717, 1.165) is 11.3 Å². The first-order chi connectivity index (χ1) is 13.1. The number of hydrogen-bond donors (Lipinski definition) is 2. The Hall–Kier alpha value is -3.45. The molecule has 0 fully saturated rings. The van der Waals surface area contributed by atoms with E-state index in [1.807, 2.05) is 31.2 Å². The largest absolute Gasteiger partial charge is 0.281 e. The summed E-state index contributed by atoms with van der Waals surface area (Å²) in [6.07, 6.45) is 3.07. The van der Waals surface area contributed by atoms with Crippen molar-refractivity contribution >= 4 is 34.4 Å². The summed E-state index contributed by atoms with van der Waals surface area (Å²) < 4.78 is 1.72. The van der Waals surface area contributed by atoms with Gasteiger partial charge in [-0.3, -0.25) is 15.6 Å². The van der Waals surface area contributed by atoms with Crippen LogP contribution in [-0.4, -0.2) is 25.7 Å². The Morgan fingerprint density at radius 1 is 1.07 bits per heavy atom. The van der Waals surface area contributed by atoms with E-state index in [1.54, 1.807) is 35.1 Å². The van der Waals surface area contributed by atoms with Crippen molar-refractivity contribution in [1.82, 2.24) is 25.2 Å². The number of amides is 1. The molecule has 0 saturated heterocycles. The molecule has 2 aromatic heterocycles. The summed E-state index contributed by atoms with van der Waals surface area (Å²) in [7, 11) is 0. The first-order valence-electron chi connectivity index (χ1n) is 8.20. The lowest BCUT2D eigenvalue weighted by atomic mass is 10.2. The van der Waals surface area contributed by atoms with Gasteiger partial charge in [0.2, 0.25) is 0 Å². The Balaban J connectivity index is 1.61. The monoisotopic (exact) mass is 378 g/mol. The topological polar surface area (TPSA) is 84.7 Å². The van der Waals surface area contributed by atoms with Crippen LogP contribution in [0.5, 0.6) is 0 Å². The van der Waals surface area contributed by atoms with E-state index in [-0.39, 0.29) is 5.91 Å². The Morgan fingerprint density at radius 3 is 2.63 bits per heavy atom. The number of anilines is 1. The fourth-order valence-electron chi connectivity index (χ4n) is 2.65. The number of nitrogens with one attached hydrogen (secondary N) is 2. The minimum Gasteiger partial charge on any atom is -0.281 e. The van der Waals surface area contributed by atoms with Crippen LogP contribution in [0.25, 0.3) is 16.7 Å². The van der Waals surface area contributed by atoms with Crippen molar-refractivity contribution in [2.45, 2.75) is 6.92 Å². The second-order valence-corrected chi connectivity index (χ2v) is 6.32. The van der Waals surface area contributed by atoms with Crippen LogP contribution >= 0.6 is 11.6 Å². The molecule has 7 nitrogen and oxygen atoms in total. The summed E-state index contributed by atoms with van der Waals surface area (Å²) in [5.41, 5.74) is 8.48. The molecule has 0 aliphatic rings. The molecule has 0 unspecified atom stereocenters. The van der Waals surface area contributed by atoms with Gasteiger partial charge in [0.15, 0.2) is 11.5 Å². The molecule has 2 N–H and O–H groups in total. The molecule has 27 heavy (non-hydrogen) atoms. The van der Waals surface area contributed by atoms with Crippen LogP contribution in [0.4, 0.5) is 5.82 Å². The standard InChI is InChI=1S/C19H15ClN6O/c1-12-6-8-13(9-7-12)26-18-15(10-23-26)17(21-11-22-18)24-25-19(27)14-4-2-3-5-16(14)20/h2-11H,1H3,(H,25,27)(H,21,22,24). The maximum absolute atomic E-state index is 12.3. The van der Waals surface area contributed by atoms with Gasteiger partial charge in [-0.1, -0.05) is 41.4 Å². The average Bonchev–Trinajstić information content (AvgIpc) is 3.12. The number of aryl methyl sites for hydroxylation is 1. The van der Waals surface area contributed by atoms with Gasteiger partial charge in [0.1, 0.15) is 6.33 Å². The number of hydrogen-bond acceptors (Lipinski definition) is 5. The highest BCUT2D eigenvalue weighted by Crippen LogP contribution is 2.21. The molecule has 2 heterocycles. The van der Waals surface area contributed by atoms with Gasteiger partial charge in [-0.15, -0.1) is 0 Å². The van der Waals surface area contributed by atoms with E-state index >= 15 is 0 Å². The lowest BCUT2D eigenvalue weighted by Crippen LogP contribution is -2.30. The van der Waals surface area contributed by atoms with E-state index < -0.39 is 0 Å². The number of aromatic nitrogens is 4. The van der Waals surface area contributed by atoms with Crippen LogP contribution in [0, 0.1) is 6.92 Å². The molecule has 0 spiro atoms. The number of carbonyl (C=O) groups is 1. The predicted molar refractivity (Wildman–Crippen MR) is 104 cm³/mol. The third-order valence-electron chi connectivity index (χ3n) is 4.06. The Morgan fingerprint density at radius 2 is 1.85 bits per heavy atom. The average molecular weight is 379 g/mol. The normalized spacial score (nSPS) is 10.7. The number of hydrazine groups is 1. The second kappa shape index (κ2) is 7.05. The van der Waals surface area contributed by atoms with Gasteiger partial charge in [-0.05, 0) is 31.2 Å². The van der Waals surface area contributed by atoms with Gasteiger partial charge in [0, 0.05) is 0 Å². The predicted octanol–water partition coefficient (Wildman–Crippen LogP) is 3.53. The van der Waals surface area contributed by atoms with E-state index in [1.165, 1.54) is 6.33 Å². The molecule has 0 radical (unpaired) electrons. The minimum absolute atomic E-state index is 0.363. The molecular formula is C19H15ClN6O. The van der Waals surface area contributed by atoms with E-state index in [0.29, 0.717) is 27.4 Å². The van der Waals surface area contributed by atoms with E-state index in [2.05, 4.69) is 25.9 Å². The highest BCUT2D eigenvalue weighted by Gasteiger charge is 2.13. The molecule has 2 aromatic carbocycles. The summed E-state index contributed by atoms with van der Waals surface area (Å²) in [6, 6.07) is 14.8. The van der Waals surface area contributed by atoms with Crippen molar-refractivity contribution in [1.29, 1.82) is 0 Å². The van der Waals surface area contributed by atoms with Gasteiger partial charge in [-0.25, -0.2) is 14.6 Å². The summed E-state index contributed by atoms with van der Waals surface area (Å²) in [5.74, 6) is 0.0806. The first kappa shape index (κ1) is 17.0. The molecule has 4 rings (SSSR count). The number of halogens is 1. The SMILES string of the molecule is Cc1ccc(-n2ncc3c(NNC(=O)c4ccccc4Cl)ncnc32)cc1. The molecule has 0 bridgehead atoms. The molecule has 0 aliphatic heterocycles. The number of benzene rings is 2. The third-order valence-corrected chi connectivity index (χ3v) is 4.39. The van der Waals surface area contributed by atoms with Crippen LogP contribution in [0.1, 0.15) is 15.9 Å². The fraction of sp³-hybridized carbons (Fsp3) is 0.0526. The number of rotatable bonds is 4. The van der Waals surface area contributed by atoms with Crippen LogP contribution in [0.3, 0.4) is 0 Å². The Kier molecular flexibility index (Phi) is 4.43. The van der Waals surface area contributed by atoms with Crippen molar-refractivity contribution < 1.29 is 4.79 Å². The highest BCUT2D eigenvalue weighted by atomic mass is 35.5. The minimum atomic E-state index is -0.363. The van der Waals surface area contributed by atoms with Crippen molar-refractivity contribution in [3.8, 4) is 5.69 Å². The Labute approximate surface area is 160 Å². The molecule has 0 atom stereocenters.